The number of aromatic amines is 1. The summed E-state index contributed by atoms with van der Waals surface area (Å²) in [5.41, 5.74) is 0. The molecule has 1 aromatic heterocycles. The molecule has 0 radical (unpaired) electrons. The van der Waals surface area contributed by atoms with Gasteiger partial charge in [-0.2, -0.15) is 0 Å². The van der Waals surface area contributed by atoms with Crippen molar-refractivity contribution in [2.75, 3.05) is 27.2 Å². The lowest BCUT2D eigenvalue weighted by atomic mass is 10.1. The lowest BCUT2D eigenvalue weighted by molar-refractivity contribution is 0.0769. The summed E-state index contributed by atoms with van der Waals surface area (Å²) in [4.78, 5) is 20.8. The van der Waals surface area contributed by atoms with Crippen LogP contribution in [0.2, 0.25) is 0 Å². The average molecular weight is 263 g/mol. The second-order valence-electron chi connectivity index (χ2n) is 6.04. The first-order valence-electron chi connectivity index (χ1n) is 6.94. The Bertz CT molecular complexity index is 479. The van der Waals surface area contributed by atoms with E-state index in [1.807, 2.05) is 4.90 Å². The van der Waals surface area contributed by atoms with Gasteiger partial charge in [0.2, 0.25) is 5.82 Å². The van der Waals surface area contributed by atoms with E-state index in [2.05, 4.69) is 41.1 Å². The third-order valence-corrected chi connectivity index (χ3v) is 4.18. The fourth-order valence-electron chi connectivity index (χ4n) is 2.84. The molecule has 0 bridgehead atoms. The van der Waals surface area contributed by atoms with Crippen LogP contribution in [0.15, 0.2) is 0 Å². The highest BCUT2D eigenvalue weighted by Gasteiger charge is 2.36. The molecule has 2 aliphatic rings. The second kappa shape index (κ2) is 4.59. The minimum Gasteiger partial charge on any atom is -0.334 e. The van der Waals surface area contributed by atoms with Crippen LogP contribution in [0.5, 0.6) is 0 Å². The largest absolute Gasteiger partial charge is 0.334 e. The lowest BCUT2D eigenvalue weighted by Crippen LogP contribution is -2.36. The maximum absolute atomic E-state index is 12.4. The smallest absolute Gasteiger partial charge is 0.293 e. The van der Waals surface area contributed by atoms with Crippen LogP contribution in [-0.2, 0) is 0 Å². The Balaban J connectivity index is 1.69. The normalized spacial score (nSPS) is 27.3. The van der Waals surface area contributed by atoms with Gasteiger partial charge in [0.25, 0.3) is 5.91 Å². The van der Waals surface area contributed by atoms with E-state index < -0.39 is 0 Å². The van der Waals surface area contributed by atoms with Crippen LogP contribution in [0.3, 0.4) is 0 Å². The van der Waals surface area contributed by atoms with Crippen molar-refractivity contribution in [3.8, 4) is 0 Å². The summed E-state index contributed by atoms with van der Waals surface area (Å²) in [5, 5.41) is 6.97. The van der Waals surface area contributed by atoms with Gasteiger partial charge in [0, 0.05) is 25.0 Å². The monoisotopic (exact) mass is 263 g/mol. The van der Waals surface area contributed by atoms with Gasteiger partial charge in [-0.05, 0) is 32.9 Å². The molecule has 2 fully saturated rings. The number of carbonyl (C=O) groups is 1. The summed E-state index contributed by atoms with van der Waals surface area (Å²) in [6.07, 6.45) is 2.32. The van der Waals surface area contributed by atoms with E-state index in [4.69, 9.17) is 0 Å². The fourth-order valence-corrected chi connectivity index (χ4v) is 2.84. The Morgan fingerprint density at radius 3 is 2.68 bits per heavy atom. The van der Waals surface area contributed by atoms with Crippen LogP contribution in [-0.4, -0.2) is 64.1 Å². The summed E-state index contributed by atoms with van der Waals surface area (Å²) in [6, 6.07) is 0.422. The molecule has 1 N–H and O–H groups in total. The van der Waals surface area contributed by atoms with E-state index in [1.54, 1.807) is 0 Å². The third-order valence-electron chi connectivity index (χ3n) is 4.18. The van der Waals surface area contributed by atoms with E-state index in [9.17, 15) is 4.79 Å². The lowest BCUT2D eigenvalue weighted by Gasteiger charge is -2.22. The zero-order chi connectivity index (χ0) is 13.6. The Hall–Kier alpha value is -1.43. The van der Waals surface area contributed by atoms with Gasteiger partial charge in [0.1, 0.15) is 5.82 Å². The van der Waals surface area contributed by atoms with Gasteiger partial charge in [0.15, 0.2) is 0 Å². The molecule has 104 valence electrons. The zero-order valence-corrected chi connectivity index (χ0v) is 11.8. The molecule has 1 aliphatic carbocycles. The third kappa shape index (κ3) is 2.36. The molecule has 1 saturated carbocycles. The van der Waals surface area contributed by atoms with Crippen molar-refractivity contribution in [3.63, 3.8) is 0 Å². The number of aromatic nitrogens is 3. The van der Waals surface area contributed by atoms with Crippen molar-refractivity contribution in [1.82, 2.24) is 25.0 Å². The summed E-state index contributed by atoms with van der Waals surface area (Å²) < 4.78 is 0. The predicted molar refractivity (Wildman–Crippen MR) is 70.9 cm³/mol. The van der Waals surface area contributed by atoms with E-state index in [1.165, 1.54) is 0 Å². The molecule has 2 unspecified atom stereocenters. The van der Waals surface area contributed by atoms with Crippen molar-refractivity contribution >= 4 is 5.91 Å². The van der Waals surface area contributed by atoms with Crippen LogP contribution in [0, 0.1) is 5.92 Å². The molecule has 0 aromatic carbocycles. The molecule has 0 spiro atoms. The first-order chi connectivity index (χ1) is 9.06. The van der Waals surface area contributed by atoms with Crippen molar-refractivity contribution in [3.05, 3.63) is 11.6 Å². The first-order valence-corrected chi connectivity index (χ1v) is 6.94. The van der Waals surface area contributed by atoms with Gasteiger partial charge in [-0.1, -0.05) is 6.92 Å². The Kier molecular flexibility index (Phi) is 3.05. The van der Waals surface area contributed by atoms with Gasteiger partial charge >= 0.3 is 0 Å². The van der Waals surface area contributed by atoms with Gasteiger partial charge in [0.05, 0.1) is 0 Å². The summed E-state index contributed by atoms with van der Waals surface area (Å²) in [6.45, 7) is 3.74. The number of carbonyl (C=O) groups excluding carboxylic acids is 1. The highest BCUT2D eigenvalue weighted by atomic mass is 16.2. The maximum atomic E-state index is 12.4. The predicted octanol–water partition coefficient (Wildman–Crippen LogP) is 0.704. The molecule has 2 heterocycles. The molecule has 2 atom stereocenters. The maximum Gasteiger partial charge on any atom is 0.293 e. The zero-order valence-electron chi connectivity index (χ0n) is 11.8. The number of rotatable bonds is 3. The van der Waals surface area contributed by atoms with E-state index in [0.29, 0.717) is 23.7 Å². The summed E-state index contributed by atoms with van der Waals surface area (Å²) in [5.74, 6) is 2.15. The molecule has 1 aliphatic heterocycles. The van der Waals surface area contributed by atoms with E-state index in [0.717, 1.165) is 31.8 Å². The van der Waals surface area contributed by atoms with Crippen LogP contribution in [0.25, 0.3) is 0 Å². The van der Waals surface area contributed by atoms with Gasteiger partial charge < -0.3 is 9.80 Å². The van der Waals surface area contributed by atoms with Gasteiger partial charge in [-0.3, -0.25) is 9.89 Å². The molecule has 1 amide bonds. The van der Waals surface area contributed by atoms with Crippen LogP contribution >= 0.6 is 0 Å². The molecule has 1 aromatic rings. The van der Waals surface area contributed by atoms with Crippen molar-refractivity contribution < 1.29 is 4.79 Å². The van der Waals surface area contributed by atoms with Crippen LogP contribution in [0.1, 0.15) is 42.1 Å². The number of amides is 1. The molecule has 19 heavy (non-hydrogen) atoms. The highest BCUT2D eigenvalue weighted by molar-refractivity contribution is 5.90. The number of nitrogens with one attached hydrogen (secondary N) is 1. The van der Waals surface area contributed by atoms with Crippen molar-refractivity contribution in [2.24, 2.45) is 5.92 Å². The van der Waals surface area contributed by atoms with Crippen LogP contribution < -0.4 is 0 Å². The molecule has 1 saturated heterocycles. The van der Waals surface area contributed by atoms with Crippen LogP contribution in [0.4, 0.5) is 0 Å². The SMILES string of the molecule is CC1CN(C(=O)c2n[nH]c(C3CC3)n2)CC1N(C)C. The molecule has 6 heteroatoms. The van der Waals surface area contributed by atoms with Crippen molar-refractivity contribution in [1.29, 1.82) is 0 Å². The van der Waals surface area contributed by atoms with Crippen molar-refractivity contribution in [2.45, 2.75) is 31.7 Å². The fraction of sp³-hybridized carbons (Fsp3) is 0.769. The second-order valence-corrected chi connectivity index (χ2v) is 6.04. The summed E-state index contributed by atoms with van der Waals surface area (Å²) >= 11 is 0. The molecule has 6 nitrogen and oxygen atoms in total. The Labute approximate surface area is 113 Å². The number of nitrogens with zero attached hydrogens (tertiary/aromatic N) is 4. The number of H-pyrrole nitrogens is 1. The van der Waals surface area contributed by atoms with Gasteiger partial charge in [-0.15, -0.1) is 5.10 Å². The number of hydrogen-bond acceptors (Lipinski definition) is 4. The summed E-state index contributed by atoms with van der Waals surface area (Å²) in [7, 11) is 4.13. The standard InChI is InChI=1S/C13H21N5O/c1-8-6-18(7-10(8)17(2)3)13(19)12-14-11(15-16-12)9-4-5-9/h8-10H,4-7H2,1-3H3,(H,14,15,16). The Morgan fingerprint density at radius 1 is 1.37 bits per heavy atom. The number of likely N-dealkylation sites (N-methyl/N-ethyl adjacent to an activating group) is 1. The molecule has 3 rings (SSSR count). The average Bonchev–Trinajstić information content (AvgIpc) is 2.97. The number of hydrogen-bond donors (Lipinski definition) is 1. The van der Waals surface area contributed by atoms with Gasteiger partial charge in [-0.25, -0.2) is 4.98 Å². The highest BCUT2D eigenvalue weighted by Crippen LogP contribution is 2.37. The van der Waals surface area contributed by atoms with E-state index >= 15 is 0 Å². The minimum absolute atomic E-state index is 0.0423. The Morgan fingerprint density at radius 2 is 2.11 bits per heavy atom. The molecular formula is C13H21N5O. The number of likely N-dealkylation sites (tertiary alicyclic amines) is 1. The first kappa shape index (κ1) is 12.6. The quantitative estimate of drug-likeness (QED) is 0.872. The topological polar surface area (TPSA) is 65.1 Å². The minimum atomic E-state index is -0.0423. The molecular weight excluding hydrogens is 242 g/mol. The van der Waals surface area contributed by atoms with E-state index in [-0.39, 0.29) is 5.91 Å².